The SMILES string of the molecule is Cc1csc(CN2CCNCC23CCCC3)n1. The van der Waals surface area contributed by atoms with Gasteiger partial charge in [-0.3, -0.25) is 4.90 Å². The lowest BCUT2D eigenvalue weighted by Gasteiger charge is -2.45. The molecule has 17 heavy (non-hydrogen) atoms. The number of rotatable bonds is 2. The first-order chi connectivity index (χ1) is 8.28. The van der Waals surface area contributed by atoms with Crippen LogP contribution in [0.5, 0.6) is 0 Å². The molecule has 1 aliphatic heterocycles. The molecule has 0 aromatic carbocycles. The van der Waals surface area contributed by atoms with Crippen LogP contribution in [0.1, 0.15) is 36.4 Å². The Bertz CT molecular complexity index is 382. The van der Waals surface area contributed by atoms with Crippen LogP contribution in [0, 0.1) is 6.92 Å². The quantitative estimate of drug-likeness (QED) is 0.873. The fraction of sp³-hybridized carbons (Fsp3) is 0.769. The first-order valence-electron chi connectivity index (χ1n) is 6.65. The summed E-state index contributed by atoms with van der Waals surface area (Å²) < 4.78 is 0. The predicted molar refractivity (Wildman–Crippen MR) is 71.3 cm³/mol. The zero-order valence-corrected chi connectivity index (χ0v) is 11.4. The summed E-state index contributed by atoms with van der Waals surface area (Å²) in [7, 11) is 0. The molecule has 1 N–H and O–H groups in total. The lowest BCUT2D eigenvalue weighted by Crippen LogP contribution is -2.59. The van der Waals surface area contributed by atoms with Crippen LogP contribution in [0.25, 0.3) is 0 Å². The van der Waals surface area contributed by atoms with Crippen molar-refractivity contribution >= 4 is 11.3 Å². The molecule has 2 fully saturated rings. The number of hydrogen-bond acceptors (Lipinski definition) is 4. The van der Waals surface area contributed by atoms with Gasteiger partial charge in [0.05, 0.1) is 6.54 Å². The molecule has 1 spiro atoms. The highest BCUT2D eigenvalue weighted by Crippen LogP contribution is 2.37. The third-order valence-corrected chi connectivity index (χ3v) is 5.16. The van der Waals surface area contributed by atoms with E-state index in [-0.39, 0.29) is 0 Å². The van der Waals surface area contributed by atoms with Crippen molar-refractivity contribution in [1.29, 1.82) is 0 Å². The zero-order chi connectivity index (χ0) is 11.7. The number of nitrogens with one attached hydrogen (secondary N) is 1. The monoisotopic (exact) mass is 251 g/mol. The van der Waals surface area contributed by atoms with Crippen LogP contribution >= 0.6 is 11.3 Å². The van der Waals surface area contributed by atoms with Crippen LogP contribution < -0.4 is 5.32 Å². The van der Waals surface area contributed by atoms with Crippen LogP contribution in [0.2, 0.25) is 0 Å². The molecule has 4 heteroatoms. The number of hydrogen-bond donors (Lipinski definition) is 1. The van der Waals surface area contributed by atoms with Crippen LogP contribution in [-0.2, 0) is 6.54 Å². The van der Waals surface area contributed by atoms with Crippen molar-refractivity contribution in [3.63, 3.8) is 0 Å². The topological polar surface area (TPSA) is 28.2 Å². The maximum Gasteiger partial charge on any atom is 0.107 e. The maximum atomic E-state index is 4.62. The van der Waals surface area contributed by atoms with Gasteiger partial charge in [0, 0.05) is 36.2 Å². The summed E-state index contributed by atoms with van der Waals surface area (Å²) in [5, 5.41) is 7.03. The molecule has 0 radical (unpaired) electrons. The van der Waals surface area contributed by atoms with E-state index < -0.39 is 0 Å². The molecular weight excluding hydrogens is 230 g/mol. The maximum absolute atomic E-state index is 4.62. The highest BCUT2D eigenvalue weighted by molar-refractivity contribution is 7.09. The Morgan fingerprint density at radius 1 is 1.47 bits per heavy atom. The Morgan fingerprint density at radius 3 is 3.00 bits per heavy atom. The fourth-order valence-electron chi connectivity index (χ4n) is 3.30. The largest absolute Gasteiger partial charge is 0.314 e. The van der Waals surface area contributed by atoms with Crippen molar-refractivity contribution in [2.45, 2.75) is 44.7 Å². The average Bonchev–Trinajstić information content (AvgIpc) is 2.93. The van der Waals surface area contributed by atoms with E-state index in [1.165, 1.54) is 49.5 Å². The van der Waals surface area contributed by atoms with E-state index in [9.17, 15) is 0 Å². The van der Waals surface area contributed by atoms with Crippen molar-refractivity contribution in [3.05, 3.63) is 16.1 Å². The molecule has 1 aromatic rings. The van der Waals surface area contributed by atoms with Gasteiger partial charge in [0.1, 0.15) is 5.01 Å². The molecule has 0 bridgehead atoms. The van der Waals surface area contributed by atoms with Gasteiger partial charge in [-0.25, -0.2) is 4.98 Å². The number of aryl methyl sites for hydroxylation is 1. The van der Waals surface area contributed by atoms with Gasteiger partial charge in [-0.2, -0.15) is 0 Å². The van der Waals surface area contributed by atoms with E-state index >= 15 is 0 Å². The van der Waals surface area contributed by atoms with Crippen molar-refractivity contribution in [2.75, 3.05) is 19.6 Å². The highest BCUT2D eigenvalue weighted by Gasteiger charge is 2.41. The minimum absolute atomic E-state index is 0.442. The Balaban J connectivity index is 1.75. The van der Waals surface area contributed by atoms with Crippen LogP contribution in [0.3, 0.4) is 0 Å². The predicted octanol–water partition coefficient (Wildman–Crippen LogP) is 2.17. The first kappa shape index (κ1) is 11.6. The summed E-state index contributed by atoms with van der Waals surface area (Å²) in [4.78, 5) is 7.31. The third-order valence-electron chi connectivity index (χ3n) is 4.21. The molecule has 0 atom stereocenters. The molecule has 2 aliphatic rings. The Kier molecular flexibility index (Phi) is 3.19. The molecule has 1 aliphatic carbocycles. The van der Waals surface area contributed by atoms with Crippen LogP contribution in [0.4, 0.5) is 0 Å². The lowest BCUT2D eigenvalue weighted by atomic mass is 9.93. The van der Waals surface area contributed by atoms with Gasteiger partial charge in [-0.15, -0.1) is 11.3 Å². The molecule has 1 aromatic heterocycles. The number of nitrogens with zero attached hydrogens (tertiary/aromatic N) is 2. The molecule has 1 saturated carbocycles. The van der Waals surface area contributed by atoms with E-state index in [1.807, 2.05) is 11.3 Å². The second-order valence-corrected chi connectivity index (χ2v) is 6.36. The van der Waals surface area contributed by atoms with E-state index in [2.05, 4.69) is 27.5 Å². The van der Waals surface area contributed by atoms with Crippen molar-refractivity contribution < 1.29 is 0 Å². The van der Waals surface area contributed by atoms with Gasteiger partial charge < -0.3 is 5.32 Å². The van der Waals surface area contributed by atoms with Crippen LogP contribution in [0.15, 0.2) is 5.38 Å². The van der Waals surface area contributed by atoms with Gasteiger partial charge >= 0.3 is 0 Å². The van der Waals surface area contributed by atoms with E-state index in [0.717, 1.165) is 13.1 Å². The number of thiazole rings is 1. The summed E-state index contributed by atoms with van der Waals surface area (Å²) in [5.41, 5.74) is 1.61. The van der Waals surface area contributed by atoms with Gasteiger partial charge in [-0.05, 0) is 19.8 Å². The van der Waals surface area contributed by atoms with Gasteiger partial charge in [-0.1, -0.05) is 12.8 Å². The van der Waals surface area contributed by atoms with Gasteiger partial charge in [0.25, 0.3) is 0 Å². The molecule has 3 rings (SSSR count). The van der Waals surface area contributed by atoms with Crippen molar-refractivity contribution in [1.82, 2.24) is 15.2 Å². The lowest BCUT2D eigenvalue weighted by molar-refractivity contribution is 0.0572. The molecule has 94 valence electrons. The summed E-state index contributed by atoms with van der Waals surface area (Å²) in [5.74, 6) is 0. The highest BCUT2D eigenvalue weighted by atomic mass is 32.1. The molecule has 1 saturated heterocycles. The van der Waals surface area contributed by atoms with Crippen molar-refractivity contribution in [3.8, 4) is 0 Å². The summed E-state index contributed by atoms with van der Waals surface area (Å²) in [6.07, 6.45) is 5.53. The van der Waals surface area contributed by atoms with E-state index in [4.69, 9.17) is 0 Å². The van der Waals surface area contributed by atoms with E-state index in [0.29, 0.717) is 5.54 Å². The second kappa shape index (κ2) is 4.67. The summed E-state index contributed by atoms with van der Waals surface area (Å²) >= 11 is 1.81. The minimum atomic E-state index is 0.442. The summed E-state index contributed by atoms with van der Waals surface area (Å²) in [6.45, 7) is 6.63. The number of aromatic nitrogens is 1. The fourth-order valence-corrected chi connectivity index (χ4v) is 4.08. The molecule has 0 amide bonds. The first-order valence-corrected chi connectivity index (χ1v) is 7.53. The normalized spacial score (nSPS) is 24.5. The standard InChI is InChI=1S/C13H21N3S/c1-11-9-17-12(15-11)8-16-7-6-14-10-13(16)4-2-3-5-13/h9,14H,2-8,10H2,1H3. The third kappa shape index (κ3) is 2.26. The van der Waals surface area contributed by atoms with Gasteiger partial charge in [0.15, 0.2) is 0 Å². The Hall–Kier alpha value is -0.450. The smallest absolute Gasteiger partial charge is 0.107 e. The zero-order valence-electron chi connectivity index (χ0n) is 10.5. The van der Waals surface area contributed by atoms with Gasteiger partial charge in [0.2, 0.25) is 0 Å². The molecular formula is C13H21N3S. The molecule has 0 unspecified atom stereocenters. The molecule has 3 nitrogen and oxygen atoms in total. The Labute approximate surface area is 107 Å². The Morgan fingerprint density at radius 2 is 2.29 bits per heavy atom. The minimum Gasteiger partial charge on any atom is -0.314 e. The van der Waals surface area contributed by atoms with Crippen LogP contribution in [-0.4, -0.2) is 35.1 Å². The summed E-state index contributed by atoms with van der Waals surface area (Å²) in [6, 6.07) is 0. The van der Waals surface area contributed by atoms with Crippen molar-refractivity contribution in [2.24, 2.45) is 0 Å². The number of piperazine rings is 1. The second-order valence-electron chi connectivity index (χ2n) is 5.41. The van der Waals surface area contributed by atoms with E-state index in [1.54, 1.807) is 0 Å². The molecule has 2 heterocycles. The average molecular weight is 251 g/mol.